The Balaban J connectivity index is 1.24. The van der Waals surface area contributed by atoms with Gasteiger partial charge in [-0.15, -0.1) is 0 Å². The smallest absolute Gasteiger partial charge is 0.416 e. The predicted molar refractivity (Wildman–Crippen MR) is 171 cm³/mol. The maximum atomic E-state index is 13.6. The van der Waals surface area contributed by atoms with E-state index in [0.717, 1.165) is 62.0 Å². The van der Waals surface area contributed by atoms with Crippen LogP contribution in [0.1, 0.15) is 98.1 Å². The first kappa shape index (κ1) is 33.9. The molecule has 11 heteroatoms. The SMILES string of the molecule is C[C@@H](NC(=O)c1cc(C2CCN(C(=O)C3CC3)CC2)ccn1)c1ccc(-c2cc(C(F)(F)F)ccc2CNC(=O)OC(C)(C)C)cc1. The minimum Gasteiger partial charge on any atom is -0.444 e. The number of rotatable bonds is 8. The highest BCUT2D eigenvalue weighted by molar-refractivity contribution is 5.92. The van der Waals surface area contributed by atoms with Crippen molar-refractivity contribution in [1.82, 2.24) is 20.5 Å². The third-order valence-electron chi connectivity index (χ3n) is 8.55. The number of carbonyl (C=O) groups excluding carboxylic acids is 3. The number of hydrogen-bond donors (Lipinski definition) is 2. The van der Waals surface area contributed by atoms with E-state index in [9.17, 15) is 27.6 Å². The minimum absolute atomic E-state index is 0.0274. The van der Waals surface area contributed by atoms with E-state index in [2.05, 4.69) is 15.6 Å². The first-order valence-corrected chi connectivity index (χ1v) is 16.0. The van der Waals surface area contributed by atoms with Gasteiger partial charge in [-0.05, 0) is 111 Å². The van der Waals surface area contributed by atoms with Crippen LogP contribution < -0.4 is 10.6 Å². The highest BCUT2D eigenvalue weighted by atomic mass is 19.4. The van der Waals surface area contributed by atoms with Crippen molar-refractivity contribution >= 4 is 17.9 Å². The monoisotopic (exact) mass is 650 g/mol. The number of hydrogen-bond acceptors (Lipinski definition) is 5. The Morgan fingerprint density at radius 2 is 1.64 bits per heavy atom. The fourth-order valence-electron chi connectivity index (χ4n) is 5.81. The van der Waals surface area contributed by atoms with Crippen molar-refractivity contribution in [1.29, 1.82) is 0 Å². The normalized spacial score (nSPS) is 16.4. The Kier molecular flexibility index (Phi) is 9.93. The van der Waals surface area contributed by atoms with Gasteiger partial charge < -0.3 is 20.3 Å². The second-order valence-electron chi connectivity index (χ2n) is 13.4. The Morgan fingerprint density at radius 1 is 0.957 bits per heavy atom. The maximum absolute atomic E-state index is 13.6. The van der Waals surface area contributed by atoms with E-state index in [-0.39, 0.29) is 30.2 Å². The van der Waals surface area contributed by atoms with Gasteiger partial charge in [0.15, 0.2) is 0 Å². The Morgan fingerprint density at radius 3 is 2.26 bits per heavy atom. The molecular formula is C36H41F3N4O4. The van der Waals surface area contributed by atoms with Crippen molar-refractivity contribution < 1.29 is 32.3 Å². The highest BCUT2D eigenvalue weighted by Gasteiger charge is 2.35. The van der Waals surface area contributed by atoms with Gasteiger partial charge in [-0.25, -0.2) is 4.79 Å². The summed E-state index contributed by atoms with van der Waals surface area (Å²) in [5.41, 5.74) is 1.90. The quantitative estimate of drug-likeness (QED) is 0.265. The molecule has 2 aromatic carbocycles. The number of halogens is 3. The van der Waals surface area contributed by atoms with E-state index in [1.54, 1.807) is 51.2 Å². The lowest BCUT2D eigenvalue weighted by Gasteiger charge is -2.32. The van der Waals surface area contributed by atoms with Gasteiger partial charge in [0.2, 0.25) is 5.91 Å². The first-order chi connectivity index (χ1) is 22.2. The summed E-state index contributed by atoms with van der Waals surface area (Å²) >= 11 is 0. The molecule has 2 fully saturated rings. The molecule has 250 valence electrons. The lowest BCUT2D eigenvalue weighted by atomic mass is 9.89. The van der Waals surface area contributed by atoms with Crippen molar-refractivity contribution in [2.45, 2.75) is 83.7 Å². The summed E-state index contributed by atoms with van der Waals surface area (Å²) < 4.78 is 46.1. The summed E-state index contributed by atoms with van der Waals surface area (Å²) in [5.74, 6) is 0.397. The van der Waals surface area contributed by atoms with Crippen LogP contribution in [0.2, 0.25) is 0 Å². The molecular weight excluding hydrogens is 609 g/mol. The van der Waals surface area contributed by atoms with E-state index < -0.39 is 29.5 Å². The van der Waals surface area contributed by atoms with Crippen LogP contribution in [0.25, 0.3) is 11.1 Å². The van der Waals surface area contributed by atoms with Gasteiger partial charge in [-0.1, -0.05) is 30.3 Å². The fraction of sp³-hybridized carbons (Fsp3) is 0.444. The number of piperidine rings is 1. The number of pyridine rings is 1. The third kappa shape index (κ3) is 8.90. The second-order valence-corrected chi connectivity index (χ2v) is 13.4. The zero-order chi connectivity index (χ0) is 33.9. The largest absolute Gasteiger partial charge is 0.444 e. The molecule has 1 saturated heterocycles. The van der Waals surface area contributed by atoms with Crippen LogP contribution in [0.5, 0.6) is 0 Å². The number of likely N-dealkylation sites (tertiary alicyclic amines) is 1. The number of aromatic nitrogens is 1. The number of benzene rings is 2. The summed E-state index contributed by atoms with van der Waals surface area (Å²) in [6.45, 7) is 8.40. The van der Waals surface area contributed by atoms with E-state index in [0.29, 0.717) is 22.4 Å². The molecule has 0 radical (unpaired) electrons. The number of nitrogens with one attached hydrogen (secondary N) is 2. The third-order valence-corrected chi connectivity index (χ3v) is 8.55. The number of alkyl carbamates (subject to hydrolysis) is 1. The van der Waals surface area contributed by atoms with Crippen molar-refractivity contribution in [2.75, 3.05) is 13.1 Å². The van der Waals surface area contributed by atoms with E-state index in [1.165, 1.54) is 6.07 Å². The van der Waals surface area contributed by atoms with Crippen LogP contribution in [-0.2, 0) is 22.3 Å². The van der Waals surface area contributed by atoms with Crippen LogP contribution in [-0.4, -0.2) is 46.5 Å². The van der Waals surface area contributed by atoms with Gasteiger partial charge in [0.25, 0.3) is 5.91 Å². The summed E-state index contributed by atoms with van der Waals surface area (Å²) in [7, 11) is 0. The average Bonchev–Trinajstić information content (AvgIpc) is 3.88. The number of nitrogens with zero attached hydrogens (tertiary/aromatic N) is 2. The molecule has 3 amide bonds. The summed E-state index contributed by atoms with van der Waals surface area (Å²) in [4.78, 5) is 44.1. The zero-order valence-corrected chi connectivity index (χ0v) is 27.1. The van der Waals surface area contributed by atoms with Gasteiger partial charge >= 0.3 is 12.3 Å². The number of carbonyl (C=O) groups is 3. The van der Waals surface area contributed by atoms with Crippen LogP contribution in [0, 0.1) is 5.92 Å². The average molecular weight is 651 g/mol. The number of alkyl halides is 3. The zero-order valence-electron chi connectivity index (χ0n) is 27.1. The predicted octanol–water partition coefficient (Wildman–Crippen LogP) is 7.40. The number of ether oxygens (including phenoxy) is 1. The molecule has 0 bridgehead atoms. The number of amides is 3. The summed E-state index contributed by atoms with van der Waals surface area (Å²) in [6, 6.07) is 13.6. The Bertz CT molecular complexity index is 1610. The van der Waals surface area contributed by atoms with Gasteiger partial charge in [-0.2, -0.15) is 13.2 Å². The Labute approximate surface area is 273 Å². The van der Waals surface area contributed by atoms with E-state index in [4.69, 9.17) is 4.74 Å². The van der Waals surface area contributed by atoms with Crippen LogP contribution in [0.4, 0.5) is 18.0 Å². The van der Waals surface area contributed by atoms with Crippen molar-refractivity contribution in [3.63, 3.8) is 0 Å². The summed E-state index contributed by atoms with van der Waals surface area (Å²) in [5, 5.41) is 5.59. The second kappa shape index (κ2) is 13.8. The van der Waals surface area contributed by atoms with Crippen molar-refractivity contribution in [3.05, 3.63) is 88.7 Å². The molecule has 1 saturated carbocycles. The van der Waals surface area contributed by atoms with Crippen LogP contribution >= 0.6 is 0 Å². The molecule has 1 aliphatic carbocycles. The topological polar surface area (TPSA) is 101 Å². The first-order valence-electron chi connectivity index (χ1n) is 16.0. The molecule has 5 rings (SSSR count). The fourth-order valence-corrected chi connectivity index (χ4v) is 5.81. The molecule has 2 aliphatic rings. The van der Waals surface area contributed by atoms with Crippen molar-refractivity contribution in [3.8, 4) is 11.1 Å². The standard InChI is InChI=1S/C36H41F3N4O4/c1-22(42-32(44)31-19-27(13-16-40-31)24-14-17-43(18-15-24)33(45)26-9-10-26)23-5-7-25(8-6-23)30-20-29(36(37,38)39)12-11-28(30)21-41-34(46)47-35(2,3)4/h5-8,11-13,16,19-20,22,24,26H,9-10,14-15,17-18,21H2,1-4H3,(H,41,46)(H,42,44)/t22-/m1/s1. The molecule has 3 aromatic rings. The summed E-state index contributed by atoms with van der Waals surface area (Å²) in [6.07, 6.45) is 0.104. The van der Waals surface area contributed by atoms with Crippen LogP contribution in [0.15, 0.2) is 60.8 Å². The molecule has 2 N–H and O–H groups in total. The van der Waals surface area contributed by atoms with Crippen molar-refractivity contribution in [2.24, 2.45) is 5.92 Å². The molecule has 2 heterocycles. The molecule has 47 heavy (non-hydrogen) atoms. The highest BCUT2D eigenvalue weighted by Crippen LogP contribution is 2.36. The Hall–Kier alpha value is -4.41. The minimum atomic E-state index is -4.54. The molecule has 0 unspecified atom stereocenters. The molecule has 1 atom stereocenters. The van der Waals surface area contributed by atoms with Gasteiger partial charge in [0.1, 0.15) is 11.3 Å². The van der Waals surface area contributed by atoms with Gasteiger partial charge in [-0.3, -0.25) is 14.6 Å². The van der Waals surface area contributed by atoms with Gasteiger partial charge in [0, 0.05) is 31.7 Å². The lowest BCUT2D eigenvalue weighted by molar-refractivity contribution is -0.137. The maximum Gasteiger partial charge on any atom is 0.416 e. The lowest BCUT2D eigenvalue weighted by Crippen LogP contribution is -2.38. The van der Waals surface area contributed by atoms with Gasteiger partial charge in [0.05, 0.1) is 11.6 Å². The molecule has 8 nitrogen and oxygen atoms in total. The van der Waals surface area contributed by atoms with E-state index in [1.807, 2.05) is 24.0 Å². The van der Waals surface area contributed by atoms with E-state index >= 15 is 0 Å². The molecule has 1 aliphatic heterocycles. The van der Waals surface area contributed by atoms with Crippen LogP contribution in [0.3, 0.4) is 0 Å². The molecule has 1 aromatic heterocycles. The molecule has 0 spiro atoms.